The third kappa shape index (κ3) is 3.32. The average molecular weight is 296 g/mol. The summed E-state index contributed by atoms with van der Waals surface area (Å²) >= 11 is 3.49. The second-order valence-corrected chi connectivity index (χ2v) is 6.47. The summed E-state index contributed by atoms with van der Waals surface area (Å²) in [6.45, 7) is 5.81. The lowest BCUT2D eigenvalue weighted by atomic mass is 9.70. The minimum Gasteiger partial charge on any atom is -0.309 e. The molecule has 0 heterocycles. The van der Waals surface area contributed by atoms with E-state index < -0.39 is 0 Å². The fourth-order valence-corrected chi connectivity index (χ4v) is 2.78. The highest BCUT2D eigenvalue weighted by Crippen LogP contribution is 2.40. The van der Waals surface area contributed by atoms with Gasteiger partial charge in [0.2, 0.25) is 0 Å². The van der Waals surface area contributed by atoms with Gasteiger partial charge in [-0.15, -0.1) is 0 Å². The molecule has 2 rings (SSSR count). The summed E-state index contributed by atoms with van der Waals surface area (Å²) in [4.78, 5) is 0. The third-order valence-electron chi connectivity index (χ3n) is 4.02. The van der Waals surface area contributed by atoms with Crippen molar-refractivity contribution in [2.75, 3.05) is 6.54 Å². The SMILES string of the molecule is CCC(NCC1(C)CCC1)c1ccc(Br)cc1. The first-order valence-electron chi connectivity index (χ1n) is 6.62. The van der Waals surface area contributed by atoms with Gasteiger partial charge in [0.1, 0.15) is 0 Å². The average Bonchev–Trinajstić information content (AvgIpc) is 2.30. The molecule has 1 N–H and O–H groups in total. The number of halogens is 1. The Hall–Kier alpha value is -0.340. The quantitative estimate of drug-likeness (QED) is 0.832. The van der Waals surface area contributed by atoms with E-state index in [1.807, 2.05) is 0 Å². The van der Waals surface area contributed by atoms with Crippen LogP contribution in [0.4, 0.5) is 0 Å². The molecule has 1 unspecified atom stereocenters. The zero-order chi connectivity index (χ0) is 12.3. The molecule has 1 aromatic carbocycles. The summed E-state index contributed by atoms with van der Waals surface area (Å²) < 4.78 is 1.15. The van der Waals surface area contributed by atoms with E-state index in [9.17, 15) is 0 Å². The van der Waals surface area contributed by atoms with Gasteiger partial charge in [-0.3, -0.25) is 0 Å². The first-order valence-corrected chi connectivity index (χ1v) is 7.41. The summed E-state index contributed by atoms with van der Waals surface area (Å²) in [6.07, 6.45) is 5.33. The fraction of sp³-hybridized carbons (Fsp3) is 0.600. The molecular weight excluding hydrogens is 274 g/mol. The number of nitrogens with one attached hydrogen (secondary N) is 1. The van der Waals surface area contributed by atoms with Crippen LogP contribution in [-0.2, 0) is 0 Å². The largest absolute Gasteiger partial charge is 0.309 e. The molecule has 1 saturated carbocycles. The molecule has 1 nitrogen and oxygen atoms in total. The van der Waals surface area contributed by atoms with Crippen molar-refractivity contribution in [1.82, 2.24) is 5.32 Å². The van der Waals surface area contributed by atoms with Crippen LogP contribution in [0.3, 0.4) is 0 Å². The predicted octanol–water partition coefficient (Wildman–Crippen LogP) is 4.68. The van der Waals surface area contributed by atoms with Crippen LogP contribution >= 0.6 is 15.9 Å². The molecule has 1 fully saturated rings. The van der Waals surface area contributed by atoms with Gasteiger partial charge in [-0.2, -0.15) is 0 Å². The summed E-state index contributed by atoms with van der Waals surface area (Å²) in [5.74, 6) is 0. The van der Waals surface area contributed by atoms with Crippen LogP contribution in [0.2, 0.25) is 0 Å². The maximum atomic E-state index is 3.73. The van der Waals surface area contributed by atoms with E-state index in [4.69, 9.17) is 0 Å². The molecule has 2 heteroatoms. The molecule has 0 amide bonds. The molecule has 0 saturated heterocycles. The Balaban J connectivity index is 1.94. The highest BCUT2D eigenvalue weighted by atomic mass is 79.9. The van der Waals surface area contributed by atoms with Crippen molar-refractivity contribution >= 4 is 15.9 Å². The molecular formula is C15H22BrN. The van der Waals surface area contributed by atoms with Gasteiger partial charge < -0.3 is 5.32 Å². The van der Waals surface area contributed by atoms with Gasteiger partial charge in [-0.25, -0.2) is 0 Å². The van der Waals surface area contributed by atoms with Gasteiger partial charge in [0, 0.05) is 17.1 Å². The topological polar surface area (TPSA) is 12.0 Å². The minimum absolute atomic E-state index is 0.500. The van der Waals surface area contributed by atoms with Crippen LogP contribution in [0, 0.1) is 5.41 Å². The molecule has 0 aromatic heterocycles. The van der Waals surface area contributed by atoms with E-state index in [0.717, 1.165) is 17.4 Å². The molecule has 1 aliphatic rings. The molecule has 94 valence electrons. The van der Waals surface area contributed by atoms with E-state index in [-0.39, 0.29) is 0 Å². The summed E-state index contributed by atoms with van der Waals surface area (Å²) in [5.41, 5.74) is 1.96. The number of hydrogen-bond acceptors (Lipinski definition) is 1. The highest BCUT2D eigenvalue weighted by molar-refractivity contribution is 9.10. The zero-order valence-corrected chi connectivity index (χ0v) is 12.4. The van der Waals surface area contributed by atoms with Crippen molar-refractivity contribution in [1.29, 1.82) is 0 Å². The Bertz CT molecular complexity index is 354. The van der Waals surface area contributed by atoms with Crippen molar-refractivity contribution < 1.29 is 0 Å². The van der Waals surface area contributed by atoms with E-state index in [2.05, 4.69) is 59.4 Å². The highest BCUT2D eigenvalue weighted by Gasteiger charge is 2.31. The van der Waals surface area contributed by atoms with E-state index >= 15 is 0 Å². The van der Waals surface area contributed by atoms with Crippen molar-refractivity contribution in [3.8, 4) is 0 Å². The zero-order valence-electron chi connectivity index (χ0n) is 10.8. The number of benzene rings is 1. The van der Waals surface area contributed by atoms with Crippen molar-refractivity contribution in [3.63, 3.8) is 0 Å². The standard InChI is InChI=1S/C15H22BrN/c1-3-14(12-5-7-13(16)8-6-12)17-11-15(2)9-4-10-15/h5-8,14,17H,3-4,9-11H2,1-2H3. The van der Waals surface area contributed by atoms with E-state index in [0.29, 0.717) is 11.5 Å². The van der Waals surface area contributed by atoms with Gasteiger partial charge in [0.15, 0.2) is 0 Å². The normalized spacial score (nSPS) is 19.7. The predicted molar refractivity (Wildman–Crippen MR) is 77.1 cm³/mol. The van der Waals surface area contributed by atoms with E-state index in [1.165, 1.54) is 24.8 Å². The van der Waals surface area contributed by atoms with Crippen LogP contribution in [0.1, 0.15) is 51.1 Å². The fourth-order valence-electron chi connectivity index (χ4n) is 2.52. The van der Waals surface area contributed by atoms with Gasteiger partial charge >= 0.3 is 0 Å². The van der Waals surface area contributed by atoms with Crippen LogP contribution < -0.4 is 5.32 Å². The Morgan fingerprint density at radius 2 is 1.94 bits per heavy atom. The number of hydrogen-bond donors (Lipinski definition) is 1. The minimum atomic E-state index is 0.500. The summed E-state index contributed by atoms with van der Waals surface area (Å²) in [7, 11) is 0. The Morgan fingerprint density at radius 3 is 2.41 bits per heavy atom. The lowest BCUT2D eigenvalue weighted by Crippen LogP contribution is -2.38. The van der Waals surface area contributed by atoms with Gasteiger partial charge in [0.25, 0.3) is 0 Å². The van der Waals surface area contributed by atoms with Crippen LogP contribution in [0.25, 0.3) is 0 Å². The van der Waals surface area contributed by atoms with Crippen LogP contribution in [-0.4, -0.2) is 6.54 Å². The molecule has 0 radical (unpaired) electrons. The van der Waals surface area contributed by atoms with Crippen molar-refractivity contribution in [3.05, 3.63) is 34.3 Å². The van der Waals surface area contributed by atoms with Gasteiger partial charge in [-0.05, 0) is 42.4 Å². The Morgan fingerprint density at radius 1 is 1.29 bits per heavy atom. The molecule has 17 heavy (non-hydrogen) atoms. The van der Waals surface area contributed by atoms with Crippen molar-refractivity contribution in [2.45, 2.75) is 45.6 Å². The Labute approximate surface area is 113 Å². The molecule has 0 aliphatic heterocycles. The molecule has 1 atom stereocenters. The summed E-state index contributed by atoms with van der Waals surface area (Å²) in [6, 6.07) is 9.19. The van der Waals surface area contributed by atoms with Crippen LogP contribution in [0.15, 0.2) is 28.7 Å². The first-order chi connectivity index (χ1) is 8.13. The lowest BCUT2D eigenvalue weighted by molar-refractivity contribution is 0.150. The molecule has 1 aromatic rings. The maximum absolute atomic E-state index is 3.73. The smallest absolute Gasteiger partial charge is 0.0317 e. The maximum Gasteiger partial charge on any atom is 0.0317 e. The first kappa shape index (κ1) is 13.1. The van der Waals surface area contributed by atoms with Crippen molar-refractivity contribution in [2.24, 2.45) is 5.41 Å². The third-order valence-corrected chi connectivity index (χ3v) is 4.55. The second kappa shape index (κ2) is 5.53. The summed E-state index contributed by atoms with van der Waals surface area (Å²) in [5, 5.41) is 3.73. The van der Waals surface area contributed by atoms with E-state index in [1.54, 1.807) is 0 Å². The Kier molecular flexibility index (Phi) is 4.26. The molecule has 1 aliphatic carbocycles. The van der Waals surface area contributed by atoms with Gasteiger partial charge in [-0.1, -0.05) is 48.3 Å². The van der Waals surface area contributed by atoms with Crippen LogP contribution in [0.5, 0.6) is 0 Å². The monoisotopic (exact) mass is 295 g/mol. The molecule has 0 spiro atoms. The molecule has 0 bridgehead atoms. The van der Waals surface area contributed by atoms with Gasteiger partial charge in [0.05, 0.1) is 0 Å². The lowest BCUT2D eigenvalue weighted by Gasteiger charge is -2.39. The second-order valence-electron chi connectivity index (χ2n) is 5.56. The number of rotatable bonds is 5.